The molecular formula is C21H28F2N6O2. The third kappa shape index (κ3) is 6.38. The summed E-state index contributed by atoms with van der Waals surface area (Å²) in [5.41, 5.74) is -0.248. The number of alkyl halides is 2. The molecule has 3 rings (SSSR count). The van der Waals surface area contributed by atoms with Crippen molar-refractivity contribution in [1.29, 1.82) is 0 Å². The van der Waals surface area contributed by atoms with Crippen LogP contribution in [-0.2, 0) is 17.1 Å². The van der Waals surface area contributed by atoms with Crippen LogP contribution in [0.15, 0.2) is 42.5 Å². The molecule has 1 fully saturated rings. The summed E-state index contributed by atoms with van der Waals surface area (Å²) in [5, 5.41) is 26.8. The number of aromatic amines is 1. The van der Waals surface area contributed by atoms with Gasteiger partial charge in [0.2, 0.25) is 5.91 Å². The number of benzene rings is 1. The molecule has 2 atom stereocenters. The van der Waals surface area contributed by atoms with E-state index in [1.807, 2.05) is 0 Å². The molecule has 0 aliphatic carbocycles. The van der Waals surface area contributed by atoms with Crippen LogP contribution in [0.2, 0.25) is 0 Å². The van der Waals surface area contributed by atoms with E-state index in [-0.39, 0.29) is 24.1 Å². The summed E-state index contributed by atoms with van der Waals surface area (Å²) in [4.78, 5) is 14.0. The Morgan fingerprint density at radius 3 is 2.74 bits per heavy atom. The largest absolute Gasteiger partial charge is 0.382 e. The number of hydrogen-bond donors (Lipinski definition) is 3. The fourth-order valence-electron chi connectivity index (χ4n) is 3.58. The first-order valence-electron chi connectivity index (χ1n) is 10.5. The molecule has 1 aliphatic rings. The maximum atomic E-state index is 14.5. The number of nitrogens with one attached hydrogen (secondary N) is 2. The highest BCUT2D eigenvalue weighted by atomic mass is 19.3. The van der Waals surface area contributed by atoms with E-state index in [1.54, 1.807) is 11.0 Å². The van der Waals surface area contributed by atoms with E-state index in [9.17, 15) is 18.7 Å². The molecule has 0 bridgehead atoms. The zero-order valence-corrected chi connectivity index (χ0v) is 17.3. The number of H-pyrrole nitrogens is 1. The zero-order chi connectivity index (χ0) is 22.1. The van der Waals surface area contributed by atoms with E-state index in [2.05, 4.69) is 25.9 Å². The van der Waals surface area contributed by atoms with Crippen LogP contribution in [0, 0.1) is 0 Å². The molecule has 0 spiro atoms. The Kier molecular flexibility index (Phi) is 8.19. The van der Waals surface area contributed by atoms with Crippen molar-refractivity contribution >= 4 is 5.91 Å². The lowest BCUT2D eigenvalue weighted by Crippen LogP contribution is -2.54. The molecular weight excluding hydrogens is 406 g/mol. The minimum absolute atomic E-state index is 0.0722. The second kappa shape index (κ2) is 11.1. The highest BCUT2D eigenvalue weighted by Crippen LogP contribution is 2.32. The van der Waals surface area contributed by atoms with Crippen LogP contribution in [-0.4, -0.2) is 68.3 Å². The summed E-state index contributed by atoms with van der Waals surface area (Å²) < 4.78 is 29.0. The summed E-state index contributed by atoms with van der Waals surface area (Å²) in [6.07, 6.45) is 5.01. The molecule has 0 radical (unpaired) electrons. The quantitative estimate of drug-likeness (QED) is 0.368. The molecule has 31 heavy (non-hydrogen) atoms. The fraction of sp³-hybridized carbons (Fsp3) is 0.524. The summed E-state index contributed by atoms with van der Waals surface area (Å²) in [5.74, 6) is -2.79. The predicted octanol–water partition coefficient (Wildman–Crippen LogP) is 1.81. The van der Waals surface area contributed by atoms with Gasteiger partial charge in [-0.05, 0) is 12.8 Å². The van der Waals surface area contributed by atoms with E-state index in [0.717, 1.165) is 38.2 Å². The van der Waals surface area contributed by atoms with Gasteiger partial charge in [-0.25, -0.2) is 0 Å². The van der Waals surface area contributed by atoms with Gasteiger partial charge >= 0.3 is 5.92 Å². The minimum atomic E-state index is -3.41. The molecule has 0 saturated carbocycles. The number of piperazine rings is 1. The number of aliphatic hydroxyl groups excluding tert-OH is 1. The average Bonchev–Trinajstić information content (AvgIpc) is 3.29. The van der Waals surface area contributed by atoms with Crippen LogP contribution in [0.4, 0.5) is 8.78 Å². The van der Waals surface area contributed by atoms with Gasteiger partial charge in [0, 0.05) is 25.1 Å². The second-order valence-corrected chi connectivity index (χ2v) is 7.60. The number of nitrogens with zero attached hydrogens (tertiary/aromatic N) is 4. The molecule has 3 N–H and O–H groups in total. The lowest BCUT2D eigenvalue weighted by atomic mass is 10.0. The van der Waals surface area contributed by atoms with Gasteiger partial charge in [-0.3, -0.25) is 4.79 Å². The lowest BCUT2D eigenvalue weighted by Gasteiger charge is -2.35. The van der Waals surface area contributed by atoms with Gasteiger partial charge in [-0.2, -0.15) is 14.0 Å². The van der Waals surface area contributed by atoms with Gasteiger partial charge < -0.3 is 15.3 Å². The molecule has 2 heterocycles. The van der Waals surface area contributed by atoms with Crippen molar-refractivity contribution in [3.63, 3.8) is 0 Å². The normalized spacial score (nSPS) is 18.6. The van der Waals surface area contributed by atoms with E-state index in [4.69, 9.17) is 0 Å². The molecule has 1 aliphatic heterocycles. The monoisotopic (exact) mass is 434 g/mol. The Bertz CT molecular complexity index is 832. The molecule has 1 aromatic heterocycles. The summed E-state index contributed by atoms with van der Waals surface area (Å²) in [6, 6.07) is 6.86. The van der Waals surface area contributed by atoms with Crippen molar-refractivity contribution in [2.24, 2.45) is 0 Å². The Balaban J connectivity index is 1.49. The summed E-state index contributed by atoms with van der Waals surface area (Å²) >= 11 is 0. The minimum Gasteiger partial charge on any atom is -0.382 e. The SMILES string of the molecule is O=C1CNC[C@H](/C=C/[C@@H](O)C(F)(F)c2ccccc2)N1CCCCCCc1nn[nH]n1. The zero-order valence-electron chi connectivity index (χ0n) is 17.3. The third-order valence-electron chi connectivity index (χ3n) is 5.33. The standard InChI is InChI=1S/C21H28F2N6O2/c22-21(23,16-8-4-3-5-9-16)18(30)12-11-17-14-24-15-20(31)29(17)13-7-2-1-6-10-19-25-27-28-26-19/h3-5,8-9,11-12,17-18,24,30H,1-2,6-7,10,13-15H2,(H,25,26,27,28)/b12-11+/t17-,18+/m0/s1. The Morgan fingerprint density at radius 1 is 1.23 bits per heavy atom. The van der Waals surface area contributed by atoms with Crippen molar-refractivity contribution in [3.8, 4) is 0 Å². The highest BCUT2D eigenvalue weighted by molar-refractivity contribution is 5.79. The number of aromatic nitrogens is 4. The van der Waals surface area contributed by atoms with E-state index >= 15 is 0 Å². The molecule has 10 heteroatoms. The number of halogens is 2. The number of aliphatic hydroxyl groups is 1. The number of carbonyl (C=O) groups excluding carboxylic acids is 1. The molecule has 0 unspecified atom stereocenters. The number of amides is 1. The molecule has 1 aromatic carbocycles. The van der Waals surface area contributed by atoms with Crippen LogP contribution < -0.4 is 5.32 Å². The maximum absolute atomic E-state index is 14.5. The van der Waals surface area contributed by atoms with Crippen molar-refractivity contribution in [1.82, 2.24) is 30.8 Å². The number of unbranched alkanes of at least 4 members (excludes halogenated alkanes) is 3. The van der Waals surface area contributed by atoms with Crippen molar-refractivity contribution in [3.05, 3.63) is 53.9 Å². The van der Waals surface area contributed by atoms with Gasteiger partial charge in [0.25, 0.3) is 0 Å². The number of carbonyl (C=O) groups is 1. The van der Waals surface area contributed by atoms with Crippen LogP contribution >= 0.6 is 0 Å². The first-order valence-corrected chi connectivity index (χ1v) is 10.5. The average molecular weight is 434 g/mol. The fourth-order valence-corrected chi connectivity index (χ4v) is 3.58. The summed E-state index contributed by atoms with van der Waals surface area (Å²) in [6.45, 7) is 1.23. The first-order chi connectivity index (χ1) is 15.0. The van der Waals surface area contributed by atoms with Gasteiger partial charge in [0.1, 0.15) is 6.10 Å². The van der Waals surface area contributed by atoms with Crippen molar-refractivity contribution < 1.29 is 18.7 Å². The van der Waals surface area contributed by atoms with E-state index < -0.39 is 12.0 Å². The highest BCUT2D eigenvalue weighted by Gasteiger charge is 2.39. The molecule has 2 aromatic rings. The van der Waals surface area contributed by atoms with E-state index in [1.165, 1.54) is 30.3 Å². The Labute approximate surface area is 179 Å². The summed E-state index contributed by atoms with van der Waals surface area (Å²) in [7, 11) is 0. The van der Waals surface area contributed by atoms with Gasteiger partial charge in [-0.15, -0.1) is 10.2 Å². The van der Waals surface area contributed by atoms with Crippen molar-refractivity contribution in [2.45, 2.75) is 50.2 Å². The van der Waals surface area contributed by atoms with Crippen molar-refractivity contribution in [2.75, 3.05) is 19.6 Å². The van der Waals surface area contributed by atoms with Gasteiger partial charge in [0.15, 0.2) is 5.82 Å². The predicted molar refractivity (Wildman–Crippen MR) is 110 cm³/mol. The van der Waals surface area contributed by atoms with Crippen LogP contribution in [0.3, 0.4) is 0 Å². The number of rotatable bonds is 11. The smallest absolute Gasteiger partial charge is 0.302 e. The molecule has 1 amide bonds. The molecule has 168 valence electrons. The maximum Gasteiger partial charge on any atom is 0.302 e. The van der Waals surface area contributed by atoms with Crippen LogP contribution in [0.1, 0.15) is 37.1 Å². The topological polar surface area (TPSA) is 107 Å². The number of tetrazole rings is 1. The van der Waals surface area contributed by atoms with E-state index in [0.29, 0.717) is 18.9 Å². The Hall–Kier alpha value is -2.72. The van der Waals surface area contributed by atoms with Crippen LogP contribution in [0.5, 0.6) is 0 Å². The molecule has 8 nitrogen and oxygen atoms in total. The lowest BCUT2D eigenvalue weighted by molar-refractivity contribution is -0.133. The van der Waals surface area contributed by atoms with Gasteiger partial charge in [-0.1, -0.05) is 60.5 Å². The number of hydrogen-bond acceptors (Lipinski definition) is 6. The van der Waals surface area contributed by atoms with Crippen LogP contribution in [0.25, 0.3) is 0 Å². The molecule has 1 saturated heterocycles. The second-order valence-electron chi connectivity index (χ2n) is 7.60. The number of aryl methyl sites for hydroxylation is 1. The third-order valence-corrected chi connectivity index (χ3v) is 5.33. The first kappa shape index (κ1) is 23.0. The van der Waals surface area contributed by atoms with Gasteiger partial charge in [0.05, 0.1) is 12.6 Å². The Morgan fingerprint density at radius 2 is 2.00 bits per heavy atom.